The van der Waals surface area contributed by atoms with E-state index in [2.05, 4.69) is 59.3 Å². The quantitative estimate of drug-likeness (QED) is 0.0412. The van der Waals surface area contributed by atoms with Crippen molar-refractivity contribution in [2.24, 2.45) is 11.8 Å². The summed E-state index contributed by atoms with van der Waals surface area (Å²) in [5, 5.41) is 4.41. The van der Waals surface area contributed by atoms with Gasteiger partial charge in [0.2, 0.25) is 0 Å². The Morgan fingerprint density at radius 3 is 0.870 bits per heavy atom. The Kier molecular flexibility index (Phi) is 33.7. The van der Waals surface area contributed by atoms with Gasteiger partial charge < -0.3 is 0 Å². The number of nitrogens with zero attached hydrogens (tertiary/aromatic N) is 2. The lowest BCUT2D eigenvalue weighted by atomic mass is 9.89. The number of hydrogen-bond donors (Lipinski definition) is 0. The predicted molar refractivity (Wildman–Crippen MR) is 306 cm³/mol. The third kappa shape index (κ3) is 24.3. The first-order chi connectivity index (χ1) is 34.0. The van der Waals surface area contributed by atoms with Crippen LogP contribution in [0, 0.1) is 23.5 Å². The summed E-state index contributed by atoms with van der Waals surface area (Å²) in [6, 6.07) is 4.29. The molecule has 1 aromatic carbocycles. The summed E-state index contributed by atoms with van der Waals surface area (Å²) in [4.78, 5) is 1.55. The van der Waals surface area contributed by atoms with Crippen LogP contribution in [0.15, 0.2) is 22.9 Å². The number of thiophene rings is 2. The SMILES string of the molecule is CCCCCCCCCCCCC(CCCCCCCCCC)Cc1csc(-c2c(F)c(F)c(-c3cc(CC(CCCCCCCCCC)CCCCCCCCCCCC)cs3)c3nsnc23)c1. The largest absolute Gasteiger partial charge is 0.203 e. The molecule has 2 atom stereocenters. The van der Waals surface area contributed by atoms with E-state index in [9.17, 15) is 0 Å². The predicted octanol–water partition coefficient (Wildman–Crippen LogP) is 23.4. The molecule has 7 heteroatoms. The van der Waals surface area contributed by atoms with E-state index in [1.165, 1.54) is 268 Å². The van der Waals surface area contributed by atoms with E-state index < -0.39 is 11.6 Å². The maximum absolute atomic E-state index is 16.6. The second-order valence-corrected chi connectivity index (χ2v) is 23.9. The van der Waals surface area contributed by atoms with Gasteiger partial charge in [-0.2, -0.15) is 8.75 Å². The molecule has 0 aliphatic heterocycles. The maximum Gasteiger partial charge on any atom is 0.170 e. The molecule has 3 aromatic heterocycles. The van der Waals surface area contributed by atoms with Crippen molar-refractivity contribution < 1.29 is 8.78 Å². The van der Waals surface area contributed by atoms with E-state index in [1.807, 2.05) is 0 Å². The summed E-state index contributed by atoms with van der Waals surface area (Å²) < 4.78 is 42.6. The van der Waals surface area contributed by atoms with Crippen molar-refractivity contribution in [2.45, 2.75) is 297 Å². The van der Waals surface area contributed by atoms with E-state index in [0.717, 1.165) is 34.3 Å². The molecule has 0 spiro atoms. The van der Waals surface area contributed by atoms with Gasteiger partial charge in [-0.25, -0.2) is 8.78 Å². The van der Waals surface area contributed by atoms with Crippen LogP contribution in [0.5, 0.6) is 0 Å². The van der Waals surface area contributed by atoms with Crippen molar-refractivity contribution in [1.82, 2.24) is 8.75 Å². The van der Waals surface area contributed by atoms with Crippen molar-refractivity contribution in [2.75, 3.05) is 0 Å². The van der Waals surface area contributed by atoms with Gasteiger partial charge in [0.25, 0.3) is 0 Å². The van der Waals surface area contributed by atoms with Gasteiger partial charge in [0.15, 0.2) is 11.6 Å². The lowest BCUT2D eigenvalue weighted by Gasteiger charge is -2.17. The van der Waals surface area contributed by atoms with Crippen LogP contribution in [-0.4, -0.2) is 8.75 Å². The summed E-state index contributed by atoms with van der Waals surface area (Å²) in [6.45, 7) is 9.17. The number of unbranched alkanes of at least 4 members (excludes halogenated alkanes) is 32. The molecule has 0 N–H and O–H groups in total. The van der Waals surface area contributed by atoms with Gasteiger partial charge in [0.1, 0.15) is 11.0 Å². The van der Waals surface area contributed by atoms with Crippen molar-refractivity contribution in [3.05, 3.63) is 45.7 Å². The highest BCUT2D eigenvalue weighted by atomic mass is 32.1. The van der Waals surface area contributed by atoms with Crippen LogP contribution >= 0.6 is 34.4 Å². The molecule has 0 aliphatic rings. The summed E-state index contributed by atoms with van der Waals surface area (Å²) >= 11 is 4.17. The number of benzene rings is 1. The van der Waals surface area contributed by atoms with Crippen LogP contribution in [0.2, 0.25) is 0 Å². The molecule has 0 fully saturated rings. The van der Waals surface area contributed by atoms with Crippen molar-refractivity contribution in [3.8, 4) is 20.9 Å². The fourth-order valence-electron chi connectivity index (χ4n) is 11.0. The van der Waals surface area contributed by atoms with Gasteiger partial charge >= 0.3 is 0 Å². The Labute approximate surface area is 436 Å². The fourth-order valence-corrected chi connectivity index (χ4v) is 13.5. The van der Waals surface area contributed by atoms with E-state index >= 15 is 8.78 Å². The summed E-state index contributed by atoms with van der Waals surface area (Å²) in [5.74, 6) is -0.283. The smallest absolute Gasteiger partial charge is 0.170 e. The first-order valence-corrected chi connectivity index (χ1v) is 32.3. The second kappa shape index (κ2) is 38.9. The maximum atomic E-state index is 16.6. The minimum absolute atomic E-state index is 0.296. The molecule has 0 bridgehead atoms. The zero-order chi connectivity index (χ0) is 49.0. The van der Waals surface area contributed by atoms with Gasteiger partial charge in [-0.1, -0.05) is 285 Å². The molecule has 0 saturated heterocycles. The topological polar surface area (TPSA) is 25.8 Å². The number of halogens is 2. The van der Waals surface area contributed by atoms with Crippen LogP contribution < -0.4 is 0 Å². The van der Waals surface area contributed by atoms with E-state index in [0.29, 0.717) is 34.0 Å². The molecule has 4 rings (SSSR count). The molecule has 2 nitrogen and oxygen atoms in total. The zero-order valence-corrected chi connectivity index (χ0v) is 47.5. The average Bonchev–Trinajstić information content (AvgIpc) is 4.14. The Bertz CT molecular complexity index is 1700. The first kappa shape index (κ1) is 59.9. The first-order valence-electron chi connectivity index (χ1n) is 29.8. The lowest BCUT2D eigenvalue weighted by Crippen LogP contribution is -2.05. The fraction of sp³-hybridized carbons (Fsp3) is 0.774. The zero-order valence-electron chi connectivity index (χ0n) is 45.0. The van der Waals surface area contributed by atoms with Crippen molar-refractivity contribution in [3.63, 3.8) is 0 Å². The minimum atomic E-state index is -0.775. The molecular formula is C62H102F2N2S3. The van der Waals surface area contributed by atoms with Crippen molar-refractivity contribution >= 4 is 45.4 Å². The number of aromatic nitrogens is 2. The third-order valence-corrected chi connectivity index (χ3v) is 17.8. The molecule has 69 heavy (non-hydrogen) atoms. The molecular weight excluding hydrogens is 907 g/mol. The number of hydrogen-bond acceptors (Lipinski definition) is 5. The highest BCUT2D eigenvalue weighted by molar-refractivity contribution is 7.14. The summed E-state index contributed by atoms with van der Waals surface area (Å²) in [6.07, 6.45) is 55.8. The Morgan fingerprint density at radius 1 is 0.362 bits per heavy atom. The van der Waals surface area contributed by atoms with E-state index in [-0.39, 0.29) is 0 Å². The molecule has 0 radical (unpaired) electrons. The van der Waals surface area contributed by atoms with Gasteiger partial charge in [0.05, 0.1) is 22.9 Å². The minimum Gasteiger partial charge on any atom is -0.203 e. The highest BCUT2D eigenvalue weighted by Gasteiger charge is 2.27. The highest BCUT2D eigenvalue weighted by Crippen LogP contribution is 2.44. The molecule has 3 heterocycles. The normalized spacial score (nSPS) is 12.8. The Morgan fingerprint density at radius 2 is 0.609 bits per heavy atom. The molecule has 0 saturated carbocycles. The third-order valence-electron chi connectivity index (χ3n) is 15.3. The Hall–Kier alpha value is -1.70. The number of fused-ring (bicyclic) bond motifs is 1. The summed E-state index contributed by atoms with van der Waals surface area (Å²) in [7, 11) is 0. The second-order valence-electron chi connectivity index (χ2n) is 21.6. The molecule has 392 valence electrons. The van der Waals surface area contributed by atoms with Gasteiger partial charge in [-0.3, -0.25) is 0 Å². The average molecular weight is 1010 g/mol. The standard InChI is InChI=1S/C62H102F2N2S3/c1-5-9-13-17-21-25-27-31-35-39-43-51(41-37-33-29-23-19-15-11-7-3)45-53-47-55(67-49-53)57-59(63)60(64)58(62-61(57)65-69-66-62)56-48-54(50-68-56)46-52(42-38-34-30-24-20-16-12-8-4)44-40-36-32-28-26-22-18-14-10-6-2/h47-52H,5-46H2,1-4H3. The van der Waals surface area contributed by atoms with Gasteiger partial charge in [-0.15, -0.1) is 22.7 Å². The number of rotatable bonds is 46. The monoisotopic (exact) mass is 1010 g/mol. The van der Waals surface area contributed by atoms with Crippen molar-refractivity contribution in [1.29, 1.82) is 0 Å². The molecule has 0 aliphatic carbocycles. The van der Waals surface area contributed by atoms with Crippen LogP contribution in [0.1, 0.15) is 296 Å². The molecule has 2 unspecified atom stereocenters. The van der Waals surface area contributed by atoms with E-state index in [4.69, 9.17) is 0 Å². The van der Waals surface area contributed by atoms with Gasteiger partial charge in [0, 0.05) is 9.75 Å². The van der Waals surface area contributed by atoms with Crippen LogP contribution in [0.3, 0.4) is 0 Å². The summed E-state index contributed by atoms with van der Waals surface area (Å²) in [5.41, 5.74) is 4.12. The van der Waals surface area contributed by atoms with E-state index in [1.54, 1.807) is 22.7 Å². The molecule has 0 amide bonds. The van der Waals surface area contributed by atoms with Gasteiger partial charge in [-0.05, 0) is 58.7 Å². The van der Waals surface area contributed by atoms with Crippen LogP contribution in [0.4, 0.5) is 8.78 Å². The Balaban J connectivity index is 1.39. The molecule has 4 aromatic rings. The van der Waals surface area contributed by atoms with Crippen LogP contribution in [0.25, 0.3) is 31.9 Å². The van der Waals surface area contributed by atoms with Crippen LogP contribution in [-0.2, 0) is 12.8 Å². The lowest BCUT2D eigenvalue weighted by molar-refractivity contribution is 0.400.